The summed E-state index contributed by atoms with van der Waals surface area (Å²) < 4.78 is 33.9. The Bertz CT molecular complexity index is 1220. The first-order valence-electron chi connectivity index (χ1n) is 10.5. The van der Waals surface area contributed by atoms with Crippen LogP contribution in [0.2, 0.25) is 0 Å². The Balaban J connectivity index is 1.81. The summed E-state index contributed by atoms with van der Waals surface area (Å²) in [6.07, 6.45) is 0. The highest BCUT2D eigenvalue weighted by Crippen LogP contribution is 2.27. The van der Waals surface area contributed by atoms with Crippen molar-refractivity contribution < 1.29 is 17.9 Å². The Morgan fingerprint density at radius 1 is 0.970 bits per heavy atom. The molecule has 1 amide bonds. The summed E-state index contributed by atoms with van der Waals surface area (Å²) in [5, 5.41) is 2.89. The molecule has 0 saturated carbocycles. The Morgan fingerprint density at radius 3 is 2.27 bits per heavy atom. The van der Waals surface area contributed by atoms with E-state index in [1.807, 2.05) is 57.4 Å². The van der Waals surface area contributed by atoms with Crippen LogP contribution in [0.15, 0.2) is 71.6 Å². The van der Waals surface area contributed by atoms with Gasteiger partial charge in [0, 0.05) is 24.3 Å². The monoisotopic (exact) mass is 467 g/mol. The fourth-order valence-electron chi connectivity index (χ4n) is 3.36. The Labute approximate surface area is 195 Å². The Morgan fingerprint density at radius 2 is 1.64 bits per heavy atom. The van der Waals surface area contributed by atoms with Crippen LogP contribution in [-0.2, 0) is 23.1 Å². The molecule has 174 valence electrons. The highest BCUT2D eigenvalue weighted by Gasteiger charge is 2.22. The maximum absolute atomic E-state index is 13.0. The number of rotatable bonds is 9. The third kappa shape index (κ3) is 6.34. The molecule has 2 N–H and O–H groups in total. The van der Waals surface area contributed by atoms with Crippen molar-refractivity contribution >= 4 is 21.6 Å². The van der Waals surface area contributed by atoms with E-state index in [1.54, 1.807) is 18.2 Å². The molecule has 33 heavy (non-hydrogen) atoms. The van der Waals surface area contributed by atoms with Crippen molar-refractivity contribution in [1.82, 2.24) is 10.2 Å². The van der Waals surface area contributed by atoms with E-state index < -0.39 is 10.0 Å². The first-order chi connectivity index (χ1) is 15.7. The van der Waals surface area contributed by atoms with Gasteiger partial charge in [0.15, 0.2) is 0 Å². The normalized spacial score (nSPS) is 11.3. The predicted octanol–water partition coefficient (Wildman–Crippen LogP) is 3.80. The van der Waals surface area contributed by atoms with Crippen LogP contribution < -0.4 is 14.8 Å². The molecule has 3 rings (SSSR count). The van der Waals surface area contributed by atoms with Crippen LogP contribution in [-0.4, -0.2) is 40.4 Å². The number of methoxy groups -OCH3 is 1. The highest BCUT2D eigenvalue weighted by atomic mass is 32.2. The van der Waals surface area contributed by atoms with E-state index in [-0.39, 0.29) is 22.1 Å². The molecule has 0 aromatic heterocycles. The van der Waals surface area contributed by atoms with Crippen LogP contribution in [0.4, 0.5) is 5.69 Å². The van der Waals surface area contributed by atoms with Gasteiger partial charge >= 0.3 is 0 Å². The van der Waals surface area contributed by atoms with Crippen molar-refractivity contribution in [2.24, 2.45) is 0 Å². The SMILES string of the molecule is COc1ccc(C(=O)NCc2ccccc2CN(C)C)cc1S(=O)(=O)Nc1ccc(C)cc1. The molecule has 0 fully saturated rings. The smallest absolute Gasteiger partial charge is 0.265 e. The van der Waals surface area contributed by atoms with Gasteiger partial charge in [-0.05, 0) is 62.5 Å². The van der Waals surface area contributed by atoms with E-state index in [2.05, 4.69) is 14.9 Å². The van der Waals surface area contributed by atoms with Crippen molar-refractivity contribution in [3.8, 4) is 5.75 Å². The number of benzene rings is 3. The average molecular weight is 468 g/mol. The summed E-state index contributed by atoms with van der Waals surface area (Å²) in [6, 6.07) is 19.2. The molecule has 7 nitrogen and oxygen atoms in total. The average Bonchev–Trinajstić information content (AvgIpc) is 2.79. The molecule has 3 aromatic carbocycles. The number of carbonyl (C=O) groups is 1. The molecule has 8 heteroatoms. The number of anilines is 1. The largest absolute Gasteiger partial charge is 0.495 e. The third-order valence-corrected chi connectivity index (χ3v) is 6.47. The molecule has 0 saturated heterocycles. The summed E-state index contributed by atoms with van der Waals surface area (Å²) in [5.41, 5.74) is 3.78. The van der Waals surface area contributed by atoms with Gasteiger partial charge in [-0.2, -0.15) is 0 Å². The Kier molecular flexibility index (Phi) is 7.73. The molecule has 0 aliphatic carbocycles. The van der Waals surface area contributed by atoms with Gasteiger partial charge in [0.25, 0.3) is 15.9 Å². The minimum absolute atomic E-state index is 0.105. The van der Waals surface area contributed by atoms with E-state index in [4.69, 9.17) is 4.74 Å². The maximum atomic E-state index is 13.0. The second-order valence-electron chi connectivity index (χ2n) is 8.03. The standard InChI is InChI=1S/C25H29N3O4S/c1-18-9-12-22(13-10-18)27-33(30,31)24-15-19(11-14-23(24)32-4)25(29)26-16-20-7-5-6-8-21(20)17-28(2)3/h5-15,27H,16-17H2,1-4H3,(H,26,29). The molecule has 0 spiro atoms. The number of ether oxygens (including phenoxy) is 1. The van der Waals surface area contributed by atoms with Gasteiger partial charge in [-0.25, -0.2) is 8.42 Å². The summed E-state index contributed by atoms with van der Waals surface area (Å²) >= 11 is 0. The van der Waals surface area contributed by atoms with Gasteiger partial charge in [-0.3, -0.25) is 9.52 Å². The molecule has 0 aliphatic rings. The lowest BCUT2D eigenvalue weighted by molar-refractivity contribution is 0.0950. The zero-order valence-electron chi connectivity index (χ0n) is 19.3. The maximum Gasteiger partial charge on any atom is 0.265 e. The second kappa shape index (κ2) is 10.5. The number of hydrogen-bond acceptors (Lipinski definition) is 5. The first-order valence-corrected chi connectivity index (χ1v) is 11.9. The van der Waals surface area contributed by atoms with E-state index >= 15 is 0 Å². The summed E-state index contributed by atoms with van der Waals surface area (Å²) in [5.74, 6) is -0.216. The number of amides is 1. The number of aryl methyl sites for hydroxylation is 1. The molecule has 0 unspecified atom stereocenters. The van der Waals surface area contributed by atoms with Crippen molar-refractivity contribution in [2.45, 2.75) is 24.9 Å². The van der Waals surface area contributed by atoms with Crippen LogP contribution in [0.25, 0.3) is 0 Å². The van der Waals surface area contributed by atoms with Crippen molar-refractivity contribution in [3.63, 3.8) is 0 Å². The number of hydrogen-bond donors (Lipinski definition) is 2. The molecular formula is C25H29N3O4S. The molecule has 3 aromatic rings. The lowest BCUT2D eigenvalue weighted by atomic mass is 10.1. The summed E-state index contributed by atoms with van der Waals surface area (Å²) in [7, 11) is 1.39. The fraction of sp³-hybridized carbons (Fsp3) is 0.240. The van der Waals surface area contributed by atoms with Crippen LogP contribution >= 0.6 is 0 Å². The van der Waals surface area contributed by atoms with Gasteiger partial charge in [-0.15, -0.1) is 0 Å². The molecule has 0 bridgehead atoms. The summed E-state index contributed by atoms with van der Waals surface area (Å²) in [6.45, 7) is 3.00. The first kappa shape index (κ1) is 24.3. The van der Waals surface area contributed by atoms with Gasteiger partial charge in [0.05, 0.1) is 7.11 Å². The van der Waals surface area contributed by atoms with E-state index in [1.165, 1.54) is 19.2 Å². The Hall–Kier alpha value is -3.36. The molecule has 0 aliphatic heterocycles. The van der Waals surface area contributed by atoms with E-state index in [0.29, 0.717) is 12.2 Å². The zero-order chi connectivity index (χ0) is 24.0. The number of nitrogens with one attached hydrogen (secondary N) is 2. The number of nitrogens with zero attached hydrogens (tertiary/aromatic N) is 1. The minimum atomic E-state index is -3.97. The van der Waals surface area contributed by atoms with Crippen molar-refractivity contribution in [3.05, 3.63) is 89.0 Å². The van der Waals surface area contributed by atoms with Gasteiger partial charge in [-0.1, -0.05) is 42.0 Å². The minimum Gasteiger partial charge on any atom is -0.495 e. The van der Waals surface area contributed by atoms with Crippen LogP contribution in [0.5, 0.6) is 5.75 Å². The third-order valence-electron chi connectivity index (χ3n) is 5.06. The topological polar surface area (TPSA) is 87.7 Å². The lowest BCUT2D eigenvalue weighted by Gasteiger charge is -2.15. The molecule has 0 atom stereocenters. The highest BCUT2D eigenvalue weighted by molar-refractivity contribution is 7.92. The number of sulfonamides is 1. The predicted molar refractivity (Wildman–Crippen MR) is 130 cm³/mol. The van der Waals surface area contributed by atoms with Crippen molar-refractivity contribution in [2.75, 3.05) is 25.9 Å². The quantitative estimate of drug-likeness (QED) is 0.500. The van der Waals surface area contributed by atoms with Crippen LogP contribution in [0, 0.1) is 6.92 Å². The van der Waals surface area contributed by atoms with Crippen LogP contribution in [0.3, 0.4) is 0 Å². The van der Waals surface area contributed by atoms with Gasteiger partial charge in [0.2, 0.25) is 0 Å². The van der Waals surface area contributed by atoms with Gasteiger partial charge < -0.3 is 15.0 Å². The van der Waals surface area contributed by atoms with Crippen LogP contribution in [0.1, 0.15) is 27.0 Å². The molecule has 0 radical (unpaired) electrons. The summed E-state index contributed by atoms with van der Waals surface area (Å²) in [4.78, 5) is 14.8. The molecular weight excluding hydrogens is 438 g/mol. The molecule has 0 heterocycles. The van der Waals surface area contributed by atoms with E-state index in [0.717, 1.165) is 23.2 Å². The number of carbonyl (C=O) groups excluding carboxylic acids is 1. The van der Waals surface area contributed by atoms with Gasteiger partial charge in [0.1, 0.15) is 10.6 Å². The fourth-order valence-corrected chi connectivity index (χ4v) is 4.62. The second-order valence-corrected chi connectivity index (χ2v) is 9.68. The van der Waals surface area contributed by atoms with E-state index in [9.17, 15) is 13.2 Å². The zero-order valence-corrected chi connectivity index (χ0v) is 20.1. The van der Waals surface area contributed by atoms with Crippen molar-refractivity contribution in [1.29, 1.82) is 0 Å². The lowest BCUT2D eigenvalue weighted by Crippen LogP contribution is -2.24.